The lowest BCUT2D eigenvalue weighted by Crippen LogP contribution is -2.39. The highest BCUT2D eigenvalue weighted by molar-refractivity contribution is 9.09. The number of benzene rings is 1. The summed E-state index contributed by atoms with van der Waals surface area (Å²) in [5, 5.41) is 3.18. The molecule has 2 saturated carbocycles. The lowest BCUT2D eigenvalue weighted by molar-refractivity contribution is -0.157. The molecule has 1 amide bonds. The van der Waals surface area contributed by atoms with Crippen molar-refractivity contribution in [2.45, 2.75) is 24.3 Å². The predicted molar refractivity (Wildman–Crippen MR) is 96.9 cm³/mol. The van der Waals surface area contributed by atoms with E-state index in [0.717, 1.165) is 12.0 Å². The van der Waals surface area contributed by atoms with Crippen molar-refractivity contribution in [2.24, 2.45) is 23.7 Å². The van der Waals surface area contributed by atoms with E-state index in [2.05, 4.69) is 21.2 Å². The van der Waals surface area contributed by atoms with E-state index >= 15 is 0 Å². The molecular weight excluding hydrogens is 426 g/mol. The highest BCUT2D eigenvalue weighted by Gasteiger charge is 2.68. The summed E-state index contributed by atoms with van der Waals surface area (Å²) in [7, 11) is 0. The first-order valence-electron chi connectivity index (χ1n) is 8.44. The van der Waals surface area contributed by atoms with E-state index in [4.69, 9.17) is 21.1 Å². The van der Waals surface area contributed by atoms with Crippen LogP contribution in [0.3, 0.4) is 0 Å². The number of carbonyl (C=O) groups is 3. The zero-order chi connectivity index (χ0) is 18.6. The molecule has 1 aliphatic heterocycles. The molecule has 6 atom stereocenters. The van der Waals surface area contributed by atoms with Gasteiger partial charge in [-0.3, -0.25) is 14.4 Å². The number of alkyl halides is 1. The van der Waals surface area contributed by atoms with Gasteiger partial charge < -0.3 is 14.8 Å². The first kappa shape index (κ1) is 17.8. The van der Waals surface area contributed by atoms with E-state index in [1.165, 1.54) is 0 Å². The normalized spacial score (nSPS) is 33.9. The minimum absolute atomic E-state index is 0.00733. The number of hydrogen-bond donors (Lipinski definition) is 1. The molecule has 138 valence electrons. The van der Waals surface area contributed by atoms with Crippen LogP contribution in [0.4, 0.5) is 5.69 Å². The minimum Gasteiger partial charge on any atom is -0.461 e. The Kier molecular flexibility index (Phi) is 4.47. The molecule has 0 spiro atoms. The Bertz CT molecular complexity index is 800. The van der Waals surface area contributed by atoms with E-state index in [0.29, 0.717) is 10.7 Å². The smallest absolute Gasteiger partial charge is 0.310 e. The van der Waals surface area contributed by atoms with Crippen LogP contribution in [-0.4, -0.2) is 35.4 Å². The van der Waals surface area contributed by atoms with Crippen LogP contribution in [0.25, 0.3) is 0 Å². The first-order valence-corrected chi connectivity index (χ1v) is 9.73. The quantitative estimate of drug-likeness (QED) is 0.573. The Balaban J connectivity index is 1.36. The summed E-state index contributed by atoms with van der Waals surface area (Å²) >= 11 is 9.57. The van der Waals surface area contributed by atoms with Gasteiger partial charge in [-0.05, 0) is 37.0 Å². The summed E-state index contributed by atoms with van der Waals surface area (Å²) in [4.78, 5) is 36.6. The maximum absolute atomic E-state index is 12.5. The molecule has 6 nitrogen and oxygen atoms in total. The molecule has 1 aromatic carbocycles. The summed E-state index contributed by atoms with van der Waals surface area (Å²) in [6.45, 7) is 1.46. The third-order valence-corrected chi connectivity index (χ3v) is 7.20. The number of amides is 1. The van der Waals surface area contributed by atoms with Crippen molar-refractivity contribution in [3.63, 3.8) is 0 Å². The van der Waals surface area contributed by atoms with E-state index in [1.54, 1.807) is 18.2 Å². The molecular formula is C18H17BrClNO5. The van der Waals surface area contributed by atoms with Crippen molar-refractivity contribution in [3.05, 3.63) is 28.8 Å². The molecule has 3 aliphatic rings. The summed E-state index contributed by atoms with van der Waals surface area (Å²) in [5.41, 5.74) is 1.43. The number of aryl methyl sites for hydroxylation is 1. The maximum atomic E-state index is 12.5. The van der Waals surface area contributed by atoms with Gasteiger partial charge in [0.2, 0.25) is 0 Å². The van der Waals surface area contributed by atoms with Crippen LogP contribution in [0.15, 0.2) is 18.2 Å². The summed E-state index contributed by atoms with van der Waals surface area (Å²) in [6.07, 6.45) is 0.626. The van der Waals surface area contributed by atoms with Crippen LogP contribution in [0.5, 0.6) is 0 Å². The molecule has 0 radical (unpaired) electrons. The van der Waals surface area contributed by atoms with Gasteiger partial charge in [-0.2, -0.15) is 0 Å². The SMILES string of the molecule is Cc1ccc(NC(=O)COC(=O)C2C3CC4C(OC(=O)C42)C3Br)cc1Cl. The van der Waals surface area contributed by atoms with Crippen molar-refractivity contribution >= 4 is 51.1 Å². The van der Waals surface area contributed by atoms with Crippen molar-refractivity contribution in [3.8, 4) is 0 Å². The second-order valence-electron chi connectivity index (χ2n) is 7.08. The van der Waals surface area contributed by atoms with Crippen molar-refractivity contribution in [1.82, 2.24) is 0 Å². The van der Waals surface area contributed by atoms with Gasteiger partial charge in [0.15, 0.2) is 6.61 Å². The molecule has 0 aromatic heterocycles. The van der Waals surface area contributed by atoms with Crippen molar-refractivity contribution in [1.29, 1.82) is 0 Å². The Hall–Kier alpha value is -1.60. The van der Waals surface area contributed by atoms with Crippen LogP contribution >= 0.6 is 27.5 Å². The van der Waals surface area contributed by atoms with Crippen LogP contribution in [0.1, 0.15) is 12.0 Å². The van der Waals surface area contributed by atoms with Gasteiger partial charge in [-0.1, -0.05) is 33.6 Å². The highest BCUT2D eigenvalue weighted by atomic mass is 79.9. The Labute approximate surface area is 163 Å². The van der Waals surface area contributed by atoms with Crippen LogP contribution < -0.4 is 5.32 Å². The second kappa shape index (κ2) is 6.53. The maximum Gasteiger partial charge on any atom is 0.310 e. The number of anilines is 1. The second-order valence-corrected chi connectivity index (χ2v) is 8.55. The fraction of sp³-hybridized carbons (Fsp3) is 0.500. The van der Waals surface area contributed by atoms with Crippen molar-refractivity contribution in [2.75, 3.05) is 11.9 Å². The number of rotatable bonds is 4. The molecule has 2 bridgehead atoms. The Morgan fingerprint density at radius 3 is 2.88 bits per heavy atom. The molecule has 1 saturated heterocycles. The van der Waals surface area contributed by atoms with Gasteiger partial charge in [0, 0.05) is 16.6 Å². The lowest BCUT2D eigenvalue weighted by atomic mass is 9.80. The minimum atomic E-state index is -0.544. The van der Waals surface area contributed by atoms with E-state index in [9.17, 15) is 14.4 Å². The van der Waals surface area contributed by atoms with Gasteiger partial charge in [0.05, 0.1) is 16.7 Å². The lowest BCUT2D eigenvalue weighted by Gasteiger charge is -2.26. The molecule has 6 unspecified atom stereocenters. The molecule has 3 fully saturated rings. The fourth-order valence-corrected chi connectivity index (χ4v) is 5.62. The number of carbonyl (C=O) groups excluding carboxylic acids is 3. The standard InChI is InChI=1S/C18H17BrClNO5/c1-7-2-3-8(4-11(7)20)21-12(22)6-25-17(23)13-9-5-10-14(13)18(24)26-16(10)15(9)19/h2-4,9-10,13-16H,5-6H2,1H3,(H,21,22). The zero-order valence-electron chi connectivity index (χ0n) is 13.9. The third kappa shape index (κ3) is 2.81. The molecule has 2 aliphatic carbocycles. The van der Waals surface area contributed by atoms with Crippen LogP contribution in [0, 0.1) is 30.6 Å². The van der Waals surface area contributed by atoms with Gasteiger partial charge in [0.25, 0.3) is 5.91 Å². The van der Waals surface area contributed by atoms with Crippen LogP contribution in [-0.2, 0) is 23.9 Å². The average molecular weight is 443 g/mol. The summed E-state index contributed by atoms with van der Waals surface area (Å²) < 4.78 is 10.6. The molecule has 1 heterocycles. The number of fused-ring (bicyclic) bond motifs is 1. The van der Waals surface area contributed by atoms with E-state index in [-0.39, 0.29) is 28.7 Å². The Morgan fingerprint density at radius 2 is 2.15 bits per heavy atom. The van der Waals surface area contributed by atoms with Crippen LogP contribution in [0.2, 0.25) is 5.02 Å². The number of ether oxygens (including phenoxy) is 2. The van der Waals surface area contributed by atoms with Crippen molar-refractivity contribution < 1.29 is 23.9 Å². The predicted octanol–water partition coefficient (Wildman–Crippen LogP) is 2.70. The van der Waals surface area contributed by atoms with E-state index < -0.39 is 30.3 Å². The Morgan fingerprint density at radius 1 is 1.38 bits per heavy atom. The topological polar surface area (TPSA) is 81.7 Å². The van der Waals surface area contributed by atoms with E-state index in [1.807, 2.05) is 6.92 Å². The number of nitrogens with one attached hydrogen (secondary N) is 1. The first-order chi connectivity index (χ1) is 12.4. The van der Waals surface area contributed by atoms with Gasteiger partial charge in [0.1, 0.15) is 6.10 Å². The number of halogens is 2. The number of esters is 2. The van der Waals surface area contributed by atoms with Gasteiger partial charge >= 0.3 is 11.9 Å². The largest absolute Gasteiger partial charge is 0.461 e. The number of hydrogen-bond acceptors (Lipinski definition) is 5. The molecule has 26 heavy (non-hydrogen) atoms. The third-order valence-electron chi connectivity index (χ3n) is 5.60. The summed E-state index contributed by atoms with van der Waals surface area (Å²) in [5.74, 6) is -2.21. The molecule has 8 heteroatoms. The highest BCUT2D eigenvalue weighted by Crippen LogP contribution is 2.60. The summed E-state index contributed by atoms with van der Waals surface area (Å²) in [6, 6.07) is 5.15. The van der Waals surface area contributed by atoms with Gasteiger partial charge in [-0.25, -0.2) is 0 Å². The fourth-order valence-electron chi connectivity index (χ4n) is 4.39. The average Bonchev–Trinajstić information content (AvgIpc) is 3.20. The molecule has 1 aromatic rings. The molecule has 4 rings (SSSR count). The monoisotopic (exact) mass is 441 g/mol. The molecule has 1 N–H and O–H groups in total. The van der Waals surface area contributed by atoms with Gasteiger partial charge in [-0.15, -0.1) is 0 Å². The zero-order valence-corrected chi connectivity index (χ0v) is 16.2.